The fourth-order valence-corrected chi connectivity index (χ4v) is 2.08. The van der Waals surface area contributed by atoms with Gasteiger partial charge in [-0.1, -0.05) is 18.2 Å². The molecule has 0 bridgehead atoms. The molecule has 0 unspecified atom stereocenters. The van der Waals surface area contributed by atoms with Crippen LogP contribution in [0.4, 0.5) is 5.69 Å². The van der Waals surface area contributed by atoms with E-state index in [4.69, 9.17) is 4.42 Å². The minimum absolute atomic E-state index is 0.107. The Morgan fingerprint density at radius 3 is 2.90 bits per heavy atom. The quantitative estimate of drug-likeness (QED) is 0.795. The Hall–Kier alpha value is -2.76. The average Bonchev–Trinajstić information content (AvgIpc) is 2.91. The van der Waals surface area contributed by atoms with Crippen LogP contribution in [0, 0.1) is 6.92 Å². The molecule has 1 aromatic carbocycles. The Morgan fingerprint density at radius 2 is 2.10 bits per heavy atom. The lowest BCUT2D eigenvalue weighted by atomic mass is 10.2. The van der Waals surface area contributed by atoms with Crippen LogP contribution in [0.25, 0.3) is 10.9 Å². The molecule has 1 N–H and O–H groups in total. The van der Waals surface area contributed by atoms with Gasteiger partial charge in [0.05, 0.1) is 11.2 Å². The number of benzene rings is 1. The van der Waals surface area contributed by atoms with Crippen LogP contribution in [0.2, 0.25) is 0 Å². The first-order chi connectivity index (χ1) is 10.2. The number of hydrogen-bond donors (Lipinski definition) is 1. The summed E-state index contributed by atoms with van der Waals surface area (Å²) < 4.78 is 5.24. The molecular weight excluding hydrogens is 268 g/mol. The molecule has 0 aliphatic carbocycles. The highest BCUT2D eigenvalue weighted by Gasteiger charge is 2.09. The third kappa shape index (κ3) is 3.05. The Kier molecular flexibility index (Phi) is 3.59. The second kappa shape index (κ2) is 5.70. The molecule has 0 radical (unpaired) electrons. The number of aryl methyl sites for hydroxylation is 2. The van der Waals surface area contributed by atoms with E-state index in [1.165, 1.54) is 0 Å². The van der Waals surface area contributed by atoms with Gasteiger partial charge in [0, 0.05) is 31.3 Å². The number of carbonyl (C=O) groups excluding carboxylic acids is 1. The van der Waals surface area contributed by atoms with Gasteiger partial charge in [-0.2, -0.15) is 0 Å². The monoisotopic (exact) mass is 282 g/mol. The van der Waals surface area contributed by atoms with Crippen LogP contribution in [0.5, 0.6) is 0 Å². The number of nitrogens with zero attached hydrogens (tertiary/aromatic N) is 3. The summed E-state index contributed by atoms with van der Waals surface area (Å²) in [5.41, 5.74) is 1.49. The van der Waals surface area contributed by atoms with E-state index in [2.05, 4.69) is 20.5 Å². The zero-order valence-electron chi connectivity index (χ0n) is 11.5. The van der Waals surface area contributed by atoms with Gasteiger partial charge in [0.2, 0.25) is 17.7 Å². The summed E-state index contributed by atoms with van der Waals surface area (Å²) in [6.07, 6.45) is 2.41. The van der Waals surface area contributed by atoms with E-state index in [1.54, 1.807) is 13.1 Å². The van der Waals surface area contributed by atoms with Crippen molar-refractivity contribution in [3.8, 4) is 0 Å². The first kappa shape index (κ1) is 13.2. The number of anilines is 1. The largest absolute Gasteiger partial charge is 0.426 e. The highest BCUT2D eigenvalue weighted by Crippen LogP contribution is 2.20. The molecule has 0 saturated carbocycles. The lowest BCUT2D eigenvalue weighted by Crippen LogP contribution is -2.13. The molecule has 3 rings (SSSR count). The highest BCUT2D eigenvalue weighted by atomic mass is 16.4. The first-order valence-electron chi connectivity index (χ1n) is 6.65. The van der Waals surface area contributed by atoms with Gasteiger partial charge in [0.1, 0.15) is 0 Å². The maximum Gasteiger partial charge on any atom is 0.224 e. The third-order valence-electron chi connectivity index (χ3n) is 3.04. The molecule has 0 aliphatic heterocycles. The number of pyridine rings is 1. The number of amides is 1. The number of carbonyl (C=O) groups is 1. The number of fused-ring (bicyclic) bond motifs is 1. The molecular formula is C15H14N4O2. The van der Waals surface area contributed by atoms with Crippen molar-refractivity contribution in [1.29, 1.82) is 0 Å². The Morgan fingerprint density at radius 1 is 1.24 bits per heavy atom. The van der Waals surface area contributed by atoms with E-state index >= 15 is 0 Å². The van der Waals surface area contributed by atoms with E-state index in [0.29, 0.717) is 23.9 Å². The van der Waals surface area contributed by atoms with Crippen molar-refractivity contribution in [3.05, 3.63) is 48.3 Å². The molecule has 0 saturated heterocycles. The molecule has 0 fully saturated rings. The molecule has 0 spiro atoms. The zero-order chi connectivity index (χ0) is 14.7. The zero-order valence-corrected chi connectivity index (χ0v) is 11.5. The van der Waals surface area contributed by atoms with E-state index in [-0.39, 0.29) is 12.3 Å². The van der Waals surface area contributed by atoms with Crippen LogP contribution in [-0.4, -0.2) is 21.1 Å². The summed E-state index contributed by atoms with van der Waals surface area (Å²) in [5, 5.41) is 11.5. The number of aromatic nitrogens is 3. The molecule has 106 valence electrons. The van der Waals surface area contributed by atoms with Gasteiger partial charge in [-0.25, -0.2) is 0 Å². The Balaban J connectivity index is 1.69. The van der Waals surface area contributed by atoms with Gasteiger partial charge in [-0.3, -0.25) is 9.78 Å². The van der Waals surface area contributed by atoms with Crippen LogP contribution in [-0.2, 0) is 11.2 Å². The highest BCUT2D eigenvalue weighted by molar-refractivity contribution is 6.00. The minimum atomic E-state index is -0.107. The molecule has 0 aliphatic rings. The second-order valence-electron chi connectivity index (χ2n) is 4.64. The fourth-order valence-electron chi connectivity index (χ4n) is 2.08. The summed E-state index contributed by atoms with van der Waals surface area (Å²) in [5.74, 6) is 0.867. The molecule has 2 aromatic heterocycles. The van der Waals surface area contributed by atoms with Crippen molar-refractivity contribution in [2.75, 3.05) is 5.32 Å². The van der Waals surface area contributed by atoms with Crippen LogP contribution in [0.15, 0.2) is 40.9 Å². The summed E-state index contributed by atoms with van der Waals surface area (Å²) >= 11 is 0. The van der Waals surface area contributed by atoms with Crippen molar-refractivity contribution in [1.82, 2.24) is 15.2 Å². The molecule has 0 atom stereocenters. The third-order valence-corrected chi connectivity index (χ3v) is 3.04. The van der Waals surface area contributed by atoms with Gasteiger partial charge in [0.25, 0.3) is 0 Å². The van der Waals surface area contributed by atoms with Crippen LogP contribution in [0.1, 0.15) is 18.2 Å². The number of rotatable bonds is 4. The summed E-state index contributed by atoms with van der Waals surface area (Å²) in [7, 11) is 0. The maximum atomic E-state index is 12.0. The van der Waals surface area contributed by atoms with Crippen molar-refractivity contribution in [2.45, 2.75) is 19.8 Å². The van der Waals surface area contributed by atoms with E-state index in [0.717, 1.165) is 10.9 Å². The summed E-state index contributed by atoms with van der Waals surface area (Å²) in [6.45, 7) is 1.72. The fraction of sp³-hybridized carbons (Fsp3) is 0.200. The number of hydrogen-bond acceptors (Lipinski definition) is 5. The number of nitrogens with one attached hydrogen (secondary N) is 1. The predicted octanol–water partition coefficient (Wildman–Crippen LogP) is 2.50. The average molecular weight is 282 g/mol. The minimum Gasteiger partial charge on any atom is -0.426 e. The SMILES string of the molecule is Cc1nnc(CCC(=O)Nc2cccc3cccnc23)o1. The second-order valence-corrected chi connectivity index (χ2v) is 4.64. The Labute approximate surface area is 121 Å². The van der Waals surface area contributed by atoms with Crippen LogP contribution < -0.4 is 5.32 Å². The van der Waals surface area contributed by atoms with Crippen molar-refractivity contribution < 1.29 is 9.21 Å². The van der Waals surface area contributed by atoms with Crippen molar-refractivity contribution >= 4 is 22.5 Å². The summed E-state index contributed by atoms with van der Waals surface area (Å²) in [6, 6.07) is 9.51. The van der Waals surface area contributed by atoms with E-state index in [1.807, 2.05) is 30.3 Å². The van der Waals surface area contributed by atoms with E-state index in [9.17, 15) is 4.79 Å². The van der Waals surface area contributed by atoms with Crippen molar-refractivity contribution in [2.24, 2.45) is 0 Å². The van der Waals surface area contributed by atoms with Gasteiger partial charge in [-0.05, 0) is 12.1 Å². The number of para-hydroxylation sites is 1. The normalized spacial score (nSPS) is 10.7. The molecule has 3 aromatic rings. The van der Waals surface area contributed by atoms with Crippen LogP contribution in [0.3, 0.4) is 0 Å². The molecule has 21 heavy (non-hydrogen) atoms. The topological polar surface area (TPSA) is 80.9 Å². The smallest absolute Gasteiger partial charge is 0.224 e. The van der Waals surface area contributed by atoms with Crippen LogP contribution >= 0.6 is 0 Å². The Bertz CT molecular complexity index is 777. The summed E-state index contributed by atoms with van der Waals surface area (Å²) in [4.78, 5) is 16.3. The first-order valence-corrected chi connectivity index (χ1v) is 6.65. The maximum absolute atomic E-state index is 12.0. The standard InChI is InChI=1S/C15H14N4O2/c1-10-18-19-14(21-10)8-7-13(20)17-12-6-2-4-11-5-3-9-16-15(11)12/h2-6,9H,7-8H2,1H3,(H,17,20). The molecule has 6 nitrogen and oxygen atoms in total. The van der Waals surface area contributed by atoms with E-state index < -0.39 is 0 Å². The lowest BCUT2D eigenvalue weighted by molar-refractivity contribution is -0.116. The molecule has 6 heteroatoms. The molecule has 2 heterocycles. The van der Waals surface area contributed by atoms with Gasteiger partial charge >= 0.3 is 0 Å². The molecule has 1 amide bonds. The van der Waals surface area contributed by atoms with Gasteiger partial charge in [0.15, 0.2) is 0 Å². The predicted molar refractivity (Wildman–Crippen MR) is 77.7 cm³/mol. The van der Waals surface area contributed by atoms with Crippen molar-refractivity contribution in [3.63, 3.8) is 0 Å². The van der Waals surface area contributed by atoms with Gasteiger partial charge < -0.3 is 9.73 Å². The lowest BCUT2D eigenvalue weighted by Gasteiger charge is -2.07. The van der Waals surface area contributed by atoms with Gasteiger partial charge in [-0.15, -0.1) is 10.2 Å².